The van der Waals surface area contributed by atoms with Crippen LogP contribution in [0.1, 0.15) is 50.1 Å². The summed E-state index contributed by atoms with van der Waals surface area (Å²) in [4.78, 5) is 2.14. The largest absolute Gasteiger partial charge is 0.322 e. The van der Waals surface area contributed by atoms with E-state index in [4.69, 9.17) is 5.73 Å². The molecule has 1 aliphatic rings. The molecular weight excluding hydrogens is 258 g/mol. The van der Waals surface area contributed by atoms with Crippen LogP contribution in [0.25, 0.3) is 0 Å². The number of halogens is 2. The van der Waals surface area contributed by atoms with E-state index in [0.717, 1.165) is 31.7 Å². The number of rotatable bonds is 3. The van der Waals surface area contributed by atoms with Crippen LogP contribution < -0.4 is 5.73 Å². The molecule has 0 amide bonds. The lowest BCUT2D eigenvalue weighted by Gasteiger charge is -2.44. The molecule has 0 bridgehead atoms. The summed E-state index contributed by atoms with van der Waals surface area (Å²) in [6, 6.07) is 3.25. The summed E-state index contributed by atoms with van der Waals surface area (Å²) in [6.07, 6.45) is 6.59. The summed E-state index contributed by atoms with van der Waals surface area (Å²) in [5, 5.41) is 0. The highest BCUT2D eigenvalue weighted by atomic mass is 19.1. The molecule has 0 saturated heterocycles. The molecule has 112 valence electrons. The molecule has 4 heteroatoms. The fourth-order valence-corrected chi connectivity index (χ4v) is 3.44. The van der Waals surface area contributed by atoms with Gasteiger partial charge in [0.2, 0.25) is 0 Å². The highest BCUT2D eigenvalue weighted by Gasteiger charge is 2.40. The van der Waals surface area contributed by atoms with Gasteiger partial charge in [0.25, 0.3) is 0 Å². The van der Waals surface area contributed by atoms with Crippen LogP contribution in [0.5, 0.6) is 0 Å². The highest BCUT2D eigenvalue weighted by Crippen LogP contribution is 2.40. The van der Waals surface area contributed by atoms with Crippen LogP contribution in [0, 0.1) is 11.6 Å². The maximum absolute atomic E-state index is 13.5. The standard InChI is InChI=1S/C16H24F2N2/c1-20(2)16(7-5-3-4-6-8-16)15(19)12-9-13(17)11-14(18)10-12/h9-11,15H,3-8,19H2,1-2H3. The van der Waals surface area contributed by atoms with Crippen LogP contribution in [0.4, 0.5) is 8.78 Å². The van der Waals surface area contributed by atoms with Gasteiger partial charge < -0.3 is 10.6 Å². The average molecular weight is 282 g/mol. The van der Waals surface area contributed by atoms with Gasteiger partial charge in [-0.15, -0.1) is 0 Å². The Morgan fingerprint density at radius 3 is 1.95 bits per heavy atom. The molecule has 2 nitrogen and oxygen atoms in total. The zero-order valence-electron chi connectivity index (χ0n) is 12.3. The van der Waals surface area contributed by atoms with Crippen molar-refractivity contribution in [2.45, 2.75) is 50.1 Å². The molecule has 1 atom stereocenters. The van der Waals surface area contributed by atoms with Crippen molar-refractivity contribution < 1.29 is 8.78 Å². The Morgan fingerprint density at radius 2 is 1.50 bits per heavy atom. The molecule has 2 rings (SSSR count). The second-order valence-electron chi connectivity index (χ2n) is 6.09. The highest BCUT2D eigenvalue weighted by molar-refractivity contribution is 5.25. The summed E-state index contributed by atoms with van der Waals surface area (Å²) >= 11 is 0. The van der Waals surface area contributed by atoms with Crippen LogP contribution in [0.15, 0.2) is 18.2 Å². The van der Waals surface area contributed by atoms with Crippen LogP contribution >= 0.6 is 0 Å². The minimum Gasteiger partial charge on any atom is -0.322 e. The van der Waals surface area contributed by atoms with Gasteiger partial charge in [0, 0.05) is 17.6 Å². The van der Waals surface area contributed by atoms with Gasteiger partial charge in [0.05, 0.1) is 0 Å². The van der Waals surface area contributed by atoms with Gasteiger partial charge in [-0.3, -0.25) is 0 Å². The van der Waals surface area contributed by atoms with E-state index in [2.05, 4.69) is 4.90 Å². The Morgan fingerprint density at radius 1 is 1.00 bits per heavy atom. The van der Waals surface area contributed by atoms with Crippen LogP contribution in [-0.4, -0.2) is 24.5 Å². The smallest absolute Gasteiger partial charge is 0.126 e. The first-order valence-corrected chi connectivity index (χ1v) is 7.35. The van der Waals surface area contributed by atoms with E-state index in [-0.39, 0.29) is 11.6 Å². The molecule has 1 aliphatic carbocycles. The minimum atomic E-state index is -0.557. The lowest BCUT2D eigenvalue weighted by atomic mass is 9.78. The van der Waals surface area contributed by atoms with E-state index in [1.165, 1.54) is 25.0 Å². The number of hydrogen-bond donors (Lipinski definition) is 1. The Hall–Kier alpha value is -1.00. The molecule has 0 heterocycles. The lowest BCUT2D eigenvalue weighted by molar-refractivity contribution is 0.0966. The van der Waals surface area contributed by atoms with Gasteiger partial charge in [-0.2, -0.15) is 0 Å². The Labute approximate surface area is 120 Å². The summed E-state index contributed by atoms with van der Waals surface area (Å²) in [5.74, 6) is -1.11. The van der Waals surface area contributed by atoms with Gasteiger partial charge in [-0.25, -0.2) is 8.78 Å². The average Bonchev–Trinajstić information content (AvgIpc) is 2.63. The molecule has 1 unspecified atom stereocenters. The number of nitrogens with two attached hydrogens (primary N) is 1. The van der Waals surface area contributed by atoms with Crippen molar-refractivity contribution in [3.63, 3.8) is 0 Å². The summed E-state index contributed by atoms with van der Waals surface area (Å²) < 4.78 is 26.9. The van der Waals surface area contributed by atoms with Crippen molar-refractivity contribution in [1.82, 2.24) is 4.90 Å². The molecule has 1 saturated carbocycles. The van der Waals surface area contributed by atoms with Gasteiger partial charge in [-0.05, 0) is 44.6 Å². The summed E-state index contributed by atoms with van der Waals surface area (Å²) in [6.45, 7) is 0. The van der Waals surface area contributed by atoms with E-state index >= 15 is 0 Å². The monoisotopic (exact) mass is 282 g/mol. The van der Waals surface area contributed by atoms with Crippen molar-refractivity contribution >= 4 is 0 Å². The third-order valence-corrected chi connectivity index (χ3v) is 4.68. The summed E-state index contributed by atoms with van der Waals surface area (Å²) in [5.41, 5.74) is 6.78. The van der Waals surface area contributed by atoms with Gasteiger partial charge in [-0.1, -0.05) is 25.7 Å². The lowest BCUT2D eigenvalue weighted by Crippen LogP contribution is -2.52. The SMILES string of the molecule is CN(C)C1(C(N)c2cc(F)cc(F)c2)CCCCCC1. The zero-order valence-corrected chi connectivity index (χ0v) is 12.3. The van der Waals surface area contributed by atoms with Crippen molar-refractivity contribution in [1.29, 1.82) is 0 Å². The van der Waals surface area contributed by atoms with Gasteiger partial charge in [0.1, 0.15) is 11.6 Å². The Balaban J connectivity index is 2.37. The second-order valence-corrected chi connectivity index (χ2v) is 6.09. The topological polar surface area (TPSA) is 29.3 Å². The van der Waals surface area contributed by atoms with Crippen molar-refractivity contribution in [2.75, 3.05) is 14.1 Å². The van der Waals surface area contributed by atoms with Crippen molar-refractivity contribution in [3.8, 4) is 0 Å². The third kappa shape index (κ3) is 3.01. The van der Waals surface area contributed by atoms with Crippen LogP contribution in [-0.2, 0) is 0 Å². The van der Waals surface area contributed by atoms with Gasteiger partial charge in [0.15, 0.2) is 0 Å². The maximum atomic E-state index is 13.5. The summed E-state index contributed by atoms with van der Waals surface area (Å²) in [7, 11) is 4.03. The normalized spacial score (nSPS) is 20.7. The quantitative estimate of drug-likeness (QED) is 0.858. The predicted octanol–water partition coefficient (Wildman–Crippen LogP) is 3.62. The Bertz CT molecular complexity index is 432. The third-order valence-electron chi connectivity index (χ3n) is 4.68. The van der Waals surface area contributed by atoms with E-state index in [1.54, 1.807) is 0 Å². The van der Waals surface area contributed by atoms with Crippen molar-refractivity contribution in [3.05, 3.63) is 35.4 Å². The minimum absolute atomic E-state index is 0.212. The molecule has 1 aromatic carbocycles. The fourth-order valence-electron chi connectivity index (χ4n) is 3.44. The number of benzene rings is 1. The zero-order chi connectivity index (χ0) is 14.8. The van der Waals surface area contributed by atoms with E-state index < -0.39 is 11.6 Å². The van der Waals surface area contributed by atoms with Crippen molar-refractivity contribution in [2.24, 2.45) is 5.73 Å². The predicted molar refractivity (Wildman–Crippen MR) is 77.4 cm³/mol. The second kappa shape index (κ2) is 6.19. The van der Waals surface area contributed by atoms with Crippen LogP contribution in [0.2, 0.25) is 0 Å². The first kappa shape index (κ1) is 15.4. The number of likely N-dealkylation sites (N-methyl/N-ethyl adjacent to an activating group) is 1. The number of hydrogen-bond acceptors (Lipinski definition) is 2. The fraction of sp³-hybridized carbons (Fsp3) is 0.625. The molecule has 20 heavy (non-hydrogen) atoms. The van der Waals surface area contributed by atoms with E-state index in [0.29, 0.717) is 5.56 Å². The van der Waals surface area contributed by atoms with Gasteiger partial charge >= 0.3 is 0 Å². The molecule has 1 aromatic rings. The molecule has 0 spiro atoms. The molecular formula is C16H24F2N2. The first-order chi connectivity index (χ1) is 9.45. The molecule has 0 radical (unpaired) electrons. The number of nitrogens with zero attached hydrogens (tertiary/aromatic N) is 1. The van der Waals surface area contributed by atoms with E-state index in [1.807, 2.05) is 14.1 Å². The Kier molecular flexibility index (Phi) is 4.76. The molecule has 1 fully saturated rings. The molecule has 2 N–H and O–H groups in total. The first-order valence-electron chi connectivity index (χ1n) is 7.35. The van der Waals surface area contributed by atoms with E-state index in [9.17, 15) is 8.78 Å². The molecule has 0 aliphatic heterocycles. The van der Waals surface area contributed by atoms with Crippen LogP contribution in [0.3, 0.4) is 0 Å². The molecule has 0 aromatic heterocycles. The maximum Gasteiger partial charge on any atom is 0.126 e.